The summed E-state index contributed by atoms with van der Waals surface area (Å²) in [6.07, 6.45) is 1.86. The normalized spacial score (nSPS) is 16.9. The Bertz CT molecular complexity index is 488. The first-order chi connectivity index (χ1) is 7.38. The van der Waals surface area contributed by atoms with Gasteiger partial charge in [-0.15, -0.1) is 0 Å². The predicted octanol–water partition coefficient (Wildman–Crippen LogP) is 1.10. The third-order valence-corrected chi connectivity index (χ3v) is 2.81. The van der Waals surface area contributed by atoms with Crippen LogP contribution in [0, 0.1) is 0 Å². The average molecular weight is 204 g/mol. The van der Waals surface area contributed by atoms with E-state index in [-0.39, 0.29) is 6.61 Å². The molecule has 4 nitrogen and oxygen atoms in total. The van der Waals surface area contributed by atoms with Crippen molar-refractivity contribution in [2.45, 2.75) is 12.6 Å². The molecule has 4 heteroatoms. The molecule has 1 aliphatic rings. The van der Waals surface area contributed by atoms with Crippen LogP contribution < -0.4 is 0 Å². The number of fused-ring (bicyclic) bond motifs is 1. The molecule has 0 unspecified atom stereocenters. The van der Waals surface area contributed by atoms with Crippen molar-refractivity contribution < 1.29 is 9.84 Å². The van der Waals surface area contributed by atoms with Crippen molar-refractivity contribution in [2.75, 3.05) is 13.2 Å². The molecule has 1 saturated heterocycles. The Labute approximate surface area is 87.1 Å². The lowest BCUT2D eigenvalue weighted by Crippen LogP contribution is -2.31. The molecule has 0 amide bonds. The van der Waals surface area contributed by atoms with Gasteiger partial charge in [0.15, 0.2) is 0 Å². The minimum absolute atomic E-state index is 0.0717. The van der Waals surface area contributed by atoms with Crippen LogP contribution in [0.3, 0.4) is 0 Å². The maximum Gasteiger partial charge on any atom is 0.0992 e. The maximum atomic E-state index is 9.08. The third-order valence-electron chi connectivity index (χ3n) is 2.81. The molecule has 3 rings (SSSR count). The Morgan fingerprint density at radius 2 is 2.33 bits per heavy atom. The second kappa shape index (κ2) is 3.32. The Morgan fingerprint density at radius 3 is 3.00 bits per heavy atom. The minimum atomic E-state index is 0.0717. The van der Waals surface area contributed by atoms with Crippen LogP contribution in [0.2, 0.25) is 0 Å². The van der Waals surface area contributed by atoms with Gasteiger partial charge in [0, 0.05) is 5.39 Å². The number of hydrogen-bond donors (Lipinski definition) is 1. The first kappa shape index (κ1) is 8.88. The molecule has 2 heterocycles. The number of ether oxygens (including phenoxy) is 1. The first-order valence-corrected chi connectivity index (χ1v) is 5.03. The molecule has 78 valence electrons. The highest BCUT2D eigenvalue weighted by atomic mass is 16.5. The molecule has 0 spiro atoms. The van der Waals surface area contributed by atoms with Crippen molar-refractivity contribution in [2.24, 2.45) is 0 Å². The number of rotatable bonds is 2. The van der Waals surface area contributed by atoms with E-state index in [4.69, 9.17) is 9.84 Å². The van der Waals surface area contributed by atoms with Crippen LogP contribution in [0.15, 0.2) is 24.4 Å². The van der Waals surface area contributed by atoms with E-state index >= 15 is 0 Å². The van der Waals surface area contributed by atoms with Gasteiger partial charge in [0.1, 0.15) is 0 Å². The molecule has 0 saturated carbocycles. The molecule has 1 aliphatic heterocycles. The van der Waals surface area contributed by atoms with Gasteiger partial charge in [-0.05, 0) is 11.6 Å². The van der Waals surface area contributed by atoms with Crippen molar-refractivity contribution in [3.63, 3.8) is 0 Å². The fourth-order valence-corrected chi connectivity index (χ4v) is 1.84. The van der Waals surface area contributed by atoms with E-state index < -0.39 is 0 Å². The second-order valence-corrected chi connectivity index (χ2v) is 3.83. The molecular formula is C11H12N2O2. The second-order valence-electron chi connectivity index (χ2n) is 3.83. The molecule has 1 aromatic carbocycles. The van der Waals surface area contributed by atoms with Gasteiger partial charge in [-0.3, -0.25) is 4.68 Å². The van der Waals surface area contributed by atoms with Crippen molar-refractivity contribution in [1.29, 1.82) is 0 Å². The average Bonchev–Trinajstić information content (AvgIpc) is 2.59. The Balaban J connectivity index is 2.13. The van der Waals surface area contributed by atoms with E-state index in [2.05, 4.69) is 5.10 Å². The smallest absolute Gasteiger partial charge is 0.0992 e. The highest BCUT2D eigenvalue weighted by Gasteiger charge is 2.22. The zero-order valence-electron chi connectivity index (χ0n) is 8.26. The number of aliphatic hydroxyl groups excluding tert-OH is 1. The number of hydrogen-bond acceptors (Lipinski definition) is 3. The van der Waals surface area contributed by atoms with E-state index in [9.17, 15) is 0 Å². The lowest BCUT2D eigenvalue weighted by molar-refractivity contribution is -0.0266. The van der Waals surface area contributed by atoms with Crippen LogP contribution in [-0.4, -0.2) is 28.1 Å². The van der Waals surface area contributed by atoms with Crippen LogP contribution in [0.4, 0.5) is 0 Å². The number of benzene rings is 1. The summed E-state index contributed by atoms with van der Waals surface area (Å²) in [5.41, 5.74) is 2.00. The summed E-state index contributed by atoms with van der Waals surface area (Å²) < 4.78 is 7.14. The van der Waals surface area contributed by atoms with Crippen LogP contribution in [0.5, 0.6) is 0 Å². The fourth-order valence-electron chi connectivity index (χ4n) is 1.84. The van der Waals surface area contributed by atoms with Crippen molar-refractivity contribution in [3.05, 3.63) is 30.0 Å². The molecule has 1 N–H and O–H groups in total. The van der Waals surface area contributed by atoms with Gasteiger partial charge in [-0.1, -0.05) is 12.1 Å². The van der Waals surface area contributed by atoms with Gasteiger partial charge in [0.2, 0.25) is 0 Å². The minimum Gasteiger partial charge on any atom is -0.392 e. The fraction of sp³-hybridized carbons (Fsp3) is 0.364. The van der Waals surface area contributed by atoms with E-state index in [1.165, 1.54) is 0 Å². The topological polar surface area (TPSA) is 47.3 Å². The molecule has 0 aliphatic carbocycles. The highest BCUT2D eigenvalue weighted by molar-refractivity contribution is 5.79. The SMILES string of the molecule is OCc1ccc2cnn(C3COC3)c2c1. The van der Waals surface area contributed by atoms with Gasteiger partial charge in [0.05, 0.1) is 37.6 Å². The molecule has 1 fully saturated rings. The van der Waals surface area contributed by atoms with Crippen molar-refractivity contribution in [3.8, 4) is 0 Å². The third kappa shape index (κ3) is 1.33. The molecule has 0 radical (unpaired) electrons. The van der Waals surface area contributed by atoms with Crippen molar-refractivity contribution in [1.82, 2.24) is 9.78 Å². The number of aliphatic hydroxyl groups is 1. The van der Waals surface area contributed by atoms with Crippen LogP contribution in [0.25, 0.3) is 10.9 Å². The predicted molar refractivity (Wildman–Crippen MR) is 55.5 cm³/mol. The lowest BCUT2D eigenvalue weighted by Gasteiger charge is -2.26. The molecule has 0 atom stereocenters. The van der Waals surface area contributed by atoms with E-state index in [0.29, 0.717) is 6.04 Å². The first-order valence-electron chi connectivity index (χ1n) is 5.03. The molecule has 2 aromatic rings. The zero-order valence-corrected chi connectivity index (χ0v) is 8.26. The Kier molecular flexibility index (Phi) is 1.97. The summed E-state index contributed by atoms with van der Waals surface area (Å²) in [6.45, 7) is 1.54. The lowest BCUT2D eigenvalue weighted by atomic mass is 10.1. The van der Waals surface area contributed by atoms with Crippen molar-refractivity contribution >= 4 is 10.9 Å². The monoisotopic (exact) mass is 204 g/mol. The van der Waals surface area contributed by atoms with Gasteiger partial charge in [-0.2, -0.15) is 5.10 Å². The summed E-state index contributed by atoms with van der Waals surface area (Å²) in [6, 6.07) is 6.26. The maximum absolute atomic E-state index is 9.08. The van der Waals surface area contributed by atoms with Gasteiger partial charge >= 0.3 is 0 Å². The summed E-state index contributed by atoms with van der Waals surface area (Å²) >= 11 is 0. The van der Waals surface area contributed by atoms with Crippen LogP contribution in [-0.2, 0) is 11.3 Å². The van der Waals surface area contributed by atoms with Gasteiger partial charge < -0.3 is 9.84 Å². The molecular weight excluding hydrogens is 192 g/mol. The zero-order chi connectivity index (χ0) is 10.3. The number of aromatic nitrogens is 2. The largest absolute Gasteiger partial charge is 0.392 e. The van der Waals surface area contributed by atoms with Gasteiger partial charge in [-0.25, -0.2) is 0 Å². The highest BCUT2D eigenvalue weighted by Crippen LogP contribution is 2.23. The standard InChI is InChI=1S/C11H12N2O2/c14-5-8-1-2-9-4-12-13(11(9)3-8)10-6-15-7-10/h1-4,10,14H,5-7H2. The van der Waals surface area contributed by atoms with Gasteiger partial charge in [0.25, 0.3) is 0 Å². The Hall–Kier alpha value is -1.39. The van der Waals surface area contributed by atoms with E-state index in [1.54, 1.807) is 0 Å². The summed E-state index contributed by atoms with van der Waals surface area (Å²) in [5, 5.41) is 14.5. The van der Waals surface area contributed by atoms with Crippen LogP contribution in [0.1, 0.15) is 11.6 Å². The number of nitrogens with zero attached hydrogens (tertiary/aromatic N) is 2. The Morgan fingerprint density at radius 1 is 1.47 bits per heavy atom. The molecule has 0 bridgehead atoms. The summed E-state index contributed by atoms with van der Waals surface area (Å²) in [7, 11) is 0. The van der Waals surface area contributed by atoms with Crippen LogP contribution >= 0.6 is 0 Å². The summed E-state index contributed by atoms with van der Waals surface area (Å²) in [5.74, 6) is 0. The van der Waals surface area contributed by atoms with E-state index in [0.717, 1.165) is 29.7 Å². The quantitative estimate of drug-likeness (QED) is 0.796. The summed E-state index contributed by atoms with van der Waals surface area (Å²) in [4.78, 5) is 0. The van der Waals surface area contributed by atoms with E-state index in [1.807, 2.05) is 29.1 Å². The molecule has 1 aromatic heterocycles. The molecule has 15 heavy (non-hydrogen) atoms.